The van der Waals surface area contributed by atoms with E-state index in [1.807, 2.05) is 34.9 Å². The van der Waals surface area contributed by atoms with E-state index in [0.717, 1.165) is 36.2 Å². The van der Waals surface area contributed by atoms with Gasteiger partial charge in [-0.1, -0.05) is 61.2 Å². The van der Waals surface area contributed by atoms with E-state index in [4.69, 9.17) is 0 Å². The topological polar surface area (TPSA) is 51.0 Å². The van der Waals surface area contributed by atoms with Gasteiger partial charge in [0.1, 0.15) is 5.82 Å². The summed E-state index contributed by atoms with van der Waals surface area (Å²) in [7, 11) is 0. The van der Waals surface area contributed by atoms with Gasteiger partial charge in [0.25, 0.3) is 0 Å². The van der Waals surface area contributed by atoms with E-state index in [0.29, 0.717) is 16.9 Å². The molecule has 5 nitrogen and oxygen atoms in total. The normalized spacial score (nSPS) is 18.5. The van der Waals surface area contributed by atoms with E-state index in [1.54, 1.807) is 0 Å². The lowest BCUT2D eigenvalue weighted by atomic mass is 10.2. The van der Waals surface area contributed by atoms with E-state index in [9.17, 15) is 4.79 Å². The minimum Gasteiger partial charge on any atom is -0.311 e. The number of fused-ring (bicyclic) bond motifs is 1. The van der Waals surface area contributed by atoms with Crippen LogP contribution in [0.5, 0.6) is 0 Å². The van der Waals surface area contributed by atoms with Crippen molar-refractivity contribution in [3.63, 3.8) is 0 Å². The molecule has 2 aromatic carbocycles. The summed E-state index contributed by atoms with van der Waals surface area (Å²) in [6.45, 7) is 3.74. The van der Waals surface area contributed by atoms with E-state index in [-0.39, 0.29) is 5.91 Å². The van der Waals surface area contributed by atoms with E-state index < -0.39 is 0 Å². The Balaban J connectivity index is 1.34. The van der Waals surface area contributed by atoms with Gasteiger partial charge in [-0.3, -0.25) is 4.79 Å². The van der Waals surface area contributed by atoms with Crippen molar-refractivity contribution < 1.29 is 4.79 Å². The second-order valence-electron chi connectivity index (χ2n) is 8.21. The van der Waals surface area contributed by atoms with Crippen LogP contribution in [0.4, 0.5) is 5.69 Å². The first-order valence-electron chi connectivity index (χ1n) is 10.8. The van der Waals surface area contributed by atoms with Crippen molar-refractivity contribution in [2.45, 2.75) is 54.0 Å². The first-order valence-corrected chi connectivity index (χ1v) is 12.7. The Morgan fingerprint density at radius 1 is 1.06 bits per heavy atom. The predicted molar refractivity (Wildman–Crippen MR) is 127 cm³/mol. The highest BCUT2D eigenvalue weighted by atomic mass is 32.2. The molecular formula is C24H26N4OS2. The number of thioether (sulfide) groups is 2. The number of rotatable bonds is 6. The SMILES string of the molecule is CC1CCN(C(=O)CSc2nnc(C3CC3)n2Cc2ccccc2)c2ccccc2S1. The fraction of sp³-hybridized carbons (Fsp3) is 0.375. The third kappa shape index (κ3) is 4.67. The summed E-state index contributed by atoms with van der Waals surface area (Å²) >= 11 is 3.37. The zero-order chi connectivity index (χ0) is 21.2. The van der Waals surface area contributed by atoms with Crippen molar-refractivity contribution in [2.75, 3.05) is 17.2 Å². The second kappa shape index (κ2) is 9.09. The molecule has 7 heteroatoms. The minimum absolute atomic E-state index is 0.134. The molecule has 0 N–H and O–H groups in total. The van der Waals surface area contributed by atoms with Crippen molar-refractivity contribution in [3.8, 4) is 0 Å². The van der Waals surface area contributed by atoms with Crippen LogP contribution in [0.25, 0.3) is 0 Å². The summed E-state index contributed by atoms with van der Waals surface area (Å²) in [5.41, 5.74) is 2.26. The number of anilines is 1. The van der Waals surface area contributed by atoms with Crippen LogP contribution in [-0.4, -0.2) is 38.2 Å². The van der Waals surface area contributed by atoms with E-state index in [2.05, 4.69) is 58.1 Å². The van der Waals surface area contributed by atoms with Gasteiger partial charge >= 0.3 is 0 Å². The van der Waals surface area contributed by atoms with Crippen LogP contribution in [0.3, 0.4) is 0 Å². The molecule has 1 unspecified atom stereocenters. The third-order valence-electron chi connectivity index (χ3n) is 5.74. The molecule has 1 aliphatic heterocycles. The van der Waals surface area contributed by atoms with Crippen LogP contribution < -0.4 is 4.90 Å². The van der Waals surface area contributed by atoms with Gasteiger partial charge in [-0.2, -0.15) is 0 Å². The molecule has 2 heterocycles. The monoisotopic (exact) mass is 450 g/mol. The maximum atomic E-state index is 13.3. The molecule has 1 fully saturated rings. The quantitative estimate of drug-likeness (QED) is 0.482. The van der Waals surface area contributed by atoms with Crippen LogP contribution in [0, 0.1) is 0 Å². The van der Waals surface area contributed by atoms with Crippen molar-refractivity contribution in [1.29, 1.82) is 0 Å². The molecule has 1 saturated carbocycles. The predicted octanol–water partition coefficient (Wildman–Crippen LogP) is 5.21. The van der Waals surface area contributed by atoms with Crippen molar-refractivity contribution in [3.05, 3.63) is 66.0 Å². The molecule has 160 valence electrons. The number of aromatic nitrogens is 3. The van der Waals surface area contributed by atoms with Gasteiger partial charge in [-0.15, -0.1) is 22.0 Å². The summed E-state index contributed by atoms with van der Waals surface area (Å²) in [5, 5.41) is 10.3. The Kier molecular flexibility index (Phi) is 6.05. The van der Waals surface area contributed by atoms with Gasteiger partial charge in [0.15, 0.2) is 5.16 Å². The second-order valence-corrected chi connectivity index (χ2v) is 10.6. The Hall–Kier alpha value is -2.25. The van der Waals surface area contributed by atoms with Crippen LogP contribution in [0.2, 0.25) is 0 Å². The first kappa shape index (κ1) is 20.6. The largest absolute Gasteiger partial charge is 0.311 e. The molecule has 0 radical (unpaired) electrons. The zero-order valence-corrected chi connectivity index (χ0v) is 19.2. The lowest BCUT2D eigenvalue weighted by Gasteiger charge is -2.22. The fourth-order valence-electron chi connectivity index (χ4n) is 3.92. The maximum absolute atomic E-state index is 13.3. The zero-order valence-electron chi connectivity index (χ0n) is 17.6. The molecule has 1 aliphatic carbocycles. The lowest BCUT2D eigenvalue weighted by Crippen LogP contribution is -2.33. The Labute approximate surface area is 191 Å². The number of nitrogens with zero attached hydrogens (tertiary/aromatic N) is 4. The maximum Gasteiger partial charge on any atom is 0.237 e. The average Bonchev–Trinajstić information content (AvgIpc) is 3.57. The van der Waals surface area contributed by atoms with Gasteiger partial charge in [-0.25, -0.2) is 0 Å². The van der Waals surface area contributed by atoms with Gasteiger partial charge in [-0.05, 0) is 37.0 Å². The number of hydrogen-bond acceptors (Lipinski definition) is 5. The number of amides is 1. The van der Waals surface area contributed by atoms with Crippen molar-refractivity contribution >= 4 is 35.1 Å². The summed E-state index contributed by atoms with van der Waals surface area (Å²) in [6.07, 6.45) is 3.35. The van der Waals surface area contributed by atoms with Gasteiger partial charge in [0.2, 0.25) is 5.91 Å². The number of carbonyl (C=O) groups excluding carboxylic acids is 1. The van der Waals surface area contributed by atoms with Crippen LogP contribution in [-0.2, 0) is 11.3 Å². The van der Waals surface area contributed by atoms with Gasteiger partial charge in [0.05, 0.1) is 18.0 Å². The smallest absolute Gasteiger partial charge is 0.237 e. The molecule has 3 aromatic rings. The highest BCUT2D eigenvalue weighted by Gasteiger charge is 2.31. The molecule has 1 aromatic heterocycles. The first-order chi connectivity index (χ1) is 15.2. The van der Waals surface area contributed by atoms with Gasteiger partial charge in [0, 0.05) is 22.6 Å². The molecule has 0 spiro atoms. The molecule has 31 heavy (non-hydrogen) atoms. The molecule has 0 bridgehead atoms. The number of hydrogen-bond donors (Lipinski definition) is 0. The molecule has 5 rings (SSSR count). The summed E-state index contributed by atoms with van der Waals surface area (Å²) < 4.78 is 2.21. The molecule has 1 atom stereocenters. The molecule has 0 saturated heterocycles. The van der Waals surface area contributed by atoms with E-state index >= 15 is 0 Å². The summed E-state index contributed by atoms with van der Waals surface area (Å²) in [6, 6.07) is 18.6. The Bertz CT molecular complexity index is 1060. The Morgan fingerprint density at radius 2 is 1.84 bits per heavy atom. The molecular weight excluding hydrogens is 424 g/mol. The standard InChI is InChI=1S/C24H26N4OS2/c1-17-13-14-27(20-9-5-6-10-21(20)31-17)22(29)16-30-24-26-25-23(19-11-12-19)28(24)15-18-7-3-2-4-8-18/h2-10,17,19H,11-16H2,1H3. The molecule has 1 amide bonds. The summed E-state index contributed by atoms with van der Waals surface area (Å²) in [4.78, 5) is 16.4. The van der Waals surface area contributed by atoms with Crippen molar-refractivity contribution in [1.82, 2.24) is 14.8 Å². The average molecular weight is 451 g/mol. The molecule has 2 aliphatic rings. The van der Waals surface area contributed by atoms with Crippen LogP contribution in [0.15, 0.2) is 64.6 Å². The summed E-state index contributed by atoms with van der Waals surface area (Å²) in [5.74, 6) is 2.07. The van der Waals surface area contributed by atoms with Crippen LogP contribution in [0.1, 0.15) is 43.5 Å². The highest BCUT2D eigenvalue weighted by Crippen LogP contribution is 2.41. The van der Waals surface area contributed by atoms with Gasteiger partial charge < -0.3 is 9.47 Å². The highest BCUT2D eigenvalue weighted by molar-refractivity contribution is 8.00. The lowest BCUT2D eigenvalue weighted by molar-refractivity contribution is -0.116. The Morgan fingerprint density at radius 3 is 2.65 bits per heavy atom. The fourth-order valence-corrected chi connectivity index (χ4v) is 5.85. The van der Waals surface area contributed by atoms with Crippen LogP contribution >= 0.6 is 23.5 Å². The number of carbonyl (C=O) groups is 1. The van der Waals surface area contributed by atoms with Crippen molar-refractivity contribution in [2.24, 2.45) is 0 Å². The minimum atomic E-state index is 0.134. The number of benzene rings is 2. The van der Waals surface area contributed by atoms with E-state index in [1.165, 1.54) is 35.1 Å². The third-order valence-corrected chi connectivity index (χ3v) is 7.93. The number of para-hydroxylation sites is 1.